The summed E-state index contributed by atoms with van der Waals surface area (Å²) in [7, 11) is 0. The lowest BCUT2D eigenvalue weighted by Gasteiger charge is -2.34. The largest absolute Gasteiger partial charge is 0.462 e. The number of ether oxygens (including phenoxy) is 2. The fourth-order valence-corrected chi connectivity index (χ4v) is 3.69. The summed E-state index contributed by atoms with van der Waals surface area (Å²) < 4.78 is 12.1. The lowest BCUT2D eigenvalue weighted by molar-refractivity contribution is -0.148. The van der Waals surface area contributed by atoms with E-state index in [1.165, 1.54) is 4.90 Å². The molecular weight excluding hydrogens is 448 g/mol. The Morgan fingerprint density at radius 1 is 1.13 bits per heavy atom. The van der Waals surface area contributed by atoms with Crippen LogP contribution < -0.4 is 10.2 Å². The summed E-state index contributed by atoms with van der Waals surface area (Å²) in [4.78, 5) is 27.5. The molecule has 1 unspecified atom stereocenters. The molecule has 1 aliphatic heterocycles. The van der Waals surface area contributed by atoms with Crippen LogP contribution in [-0.2, 0) is 20.7 Å². The molecule has 1 aliphatic rings. The van der Waals surface area contributed by atoms with Crippen molar-refractivity contribution in [1.29, 1.82) is 0 Å². The highest BCUT2D eigenvalue weighted by molar-refractivity contribution is 9.10. The SMILES string of the molecule is CC(C)(C)OC(=O)N1c2ccccc2CC1(C)C(=O)OCCNc1ccc(Br)cc1. The van der Waals surface area contributed by atoms with E-state index in [1.807, 2.05) is 48.5 Å². The third-order valence-electron chi connectivity index (χ3n) is 4.79. The van der Waals surface area contributed by atoms with Crippen LogP contribution in [0.1, 0.15) is 33.3 Å². The standard InChI is InChI=1S/C23H27BrN2O4/c1-22(2,3)30-21(28)26-19-8-6-5-7-16(19)15-23(26,4)20(27)29-14-13-25-18-11-9-17(24)10-12-18/h5-12,25H,13-15H2,1-4H3. The van der Waals surface area contributed by atoms with Crippen molar-refractivity contribution in [2.24, 2.45) is 0 Å². The fraction of sp³-hybridized carbons (Fsp3) is 0.391. The molecule has 0 spiro atoms. The van der Waals surface area contributed by atoms with E-state index in [-0.39, 0.29) is 6.61 Å². The molecule has 1 atom stereocenters. The number of benzene rings is 2. The summed E-state index contributed by atoms with van der Waals surface area (Å²) in [5, 5.41) is 3.21. The van der Waals surface area contributed by atoms with Crippen LogP contribution in [0.5, 0.6) is 0 Å². The van der Waals surface area contributed by atoms with Crippen LogP contribution in [0.15, 0.2) is 53.0 Å². The molecule has 7 heteroatoms. The Bertz CT molecular complexity index is 924. The molecule has 0 saturated heterocycles. The molecule has 160 valence electrons. The Kier molecular flexibility index (Phi) is 6.41. The van der Waals surface area contributed by atoms with Gasteiger partial charge in [-0.15, -0.1) is 0 Å². The van der Waals surface area contributed by atoms with Crippen molar-refractivity contribution in [2.75, 3.05) is 23.4 Å². The van der Waals surface area contributed by atoms with Gasteiger partial charge in [0.2, 0.25) is 0 Å². The van der Waals surface area contributed by atoms with Crippen molar-refractivity contribution in [1.82, 2.24) is 0 Å². The smallest absolute Gasteiger partial charge is 0.415 e. The first-order chi connectivity index (χ1) is 14.1. The second-order valence-corrected chi connectivity index (χ2v) is 9.38. The molecule has 30 heavy (non-hydrogen) atoms. The Hall–Kier alpha value is -2.54. The Morgan fingerprint density at radius 2 is 1.80 bits per heavy atom. The molecule has 0 fully saturated rings. The molecule has 0 bridgehead atoms. The van der Waals surface area contributed by atoms with Gasteiger partial charge in [-0.3, -0.25) is 4.90 Å². The minimum Gasteiger partial charge on any atom is -0.462 e. The maximum Gasteiger partial charge on any atom is 0.415 e. The van der Waals surface area contributed by atoms with E-state index >= 15 is 0 Å². The number of halogens is 1. The van der Waals surface area contributed by atoms with Crippen molar-refractivity contribution in [3.63, 3.8) is 0 Å². The number of amides is 1. The van der Waals surface area contributed by atoms with Gasteiger partial charge in [0.15, 0.2) is 0 Å². The van der Waals surface area contributed by atoms with Crippen molar-refractivity contribution in [2.45, 2.75) is 45.3 Å². The first-order valence-corrected chi connectivity index (χ1v) is 10.7. The normalized spacial score (nSPS) is 18.0. The third-order valence-corrected chi connectivity index (χ3v) is 5.31. The van der Waals surface area contributed by atoms with Crippen molar-refractivity contribution < 1.29 is 19.1 Å². The van der Waals surface area contributed by atoms with E-state index in [1.54, 1.807) is 27.7 Å². The number of para-hydroxylation sites is 1. The molecule has 0 radical (unpaired) electrons. The number of nitrogens with one attached hydrogen (secondary N) is 1. The zero-order chi connectivity index (χ0) is 21.9. The number of carbonyl (C=O) groups is 2. The molecule has 2 aromatic carbocycles. The fourth-order valence-electron chi connectivity index (χ4n) is 3.43. The Morgan fingerprint density at radius 3 is 2.47 bits per heavy atom. The predicted molar refractivity (Wildman–Crippen MR) is 121 cm³/mol. The van der Waals surface area contributed by atoms with E-state index in [0.717, 1.165) is 15.7 Å². The van der Waals surface area contributed by atoms with Gasteiger partial charge in [-0.25, -0.2) is 9.59 Å². The van der Waals surface area contributed by atoms with Crippen molar-refractivity contribution in [3.05, 3.63) is 58.6 Å². The summed E-state index contributed by atoms with van der Waals surface area (Å²) >= 11 is 3.40. The van der Waals surface area contributed by atoms with E-state index in [4.69, 9.17) is 9.47 Å². The molecule has 0 aliphatic carbocycles. The average molecular weight is 475 g/mol. The van der Waals surface area contributed by atoms with Gasteiger partial charge in [0.25, 0.3) is 0 Å². The molecule has 0 saturated carbocycles. The molecule has 1 N–H and O–H groups in total. The number of rotatable bonds is 5. The molecular formula is C23H27BrN2O4. The Balaban J connectivity index is 1.69. The van der Waals surface area contributed by atoms with Crippen LogP contribution in [0.2, 0.25) is 0 Å². The number of anilines is 2. The van der Waals surface area contributed by atoms with Gasteiger partial charge in [-0.2, -0.15) is 0 Å². The van der Waals surface area contributed by atoms with E-state index < -0.39 is 23.2 Å². The average Bonchev–Trinajstić information content (AvgIpc) is 2.98. The Labute approximate surface area is 185 Å². The quantitative estimate of drug-likeness (QED) is 0.478. The monoisotopic (exact) mass is 474 g/mol. The third kappa shape index (κ3) is 4.95. The second kappa shape index (κ2) is 8.68. The van der Waals surface area contributed by atoms with Crippen LogP contribution in [0.25, 0.3) is 0 Å². The van der Waals surface area contributed by atoms with Gasteiger partial charge < -0.3 is 14.8 Å². The highest BCUT2D eigenvalue weighted by Crippen LogP contribution is 2.40. The lowest BCUT2D eigenvalue weighted by atomic mass is 9.97. The summed E-state index contributed by atoms with van der Waals surface area (Å²) in [6.07, 6.45) is -0.179. The van der Waals surface area contributed by atoms with Crippen LogP contribution in [0.4, 0.5) is 16.2 Å². The maximum absolute atomic E-state index is 13.1. The number of hydrogen-bond acceptors (Lipinski definition) is 5. The molecule has 6 nitrogen and oxygen atoms in total. The van der Waals surface area contributed by atoms with Gasteiger partial charge in [-0.1, -0.05) is 34.1 Å². The first kappa shape index (κ1) is 22.2. The summed E-state index contributed by atoms with van der Waals surface area (Å²) in [6, 6.07) is 15.2. The minimum atomic E-state index is -1.16. The van der Waals surface area contributed by atoms with Crippen LogP contribution in [-0.4, -0.2) is 36.4 Å². The molecule has 1 heterocycles. The number of carbonyl (C=O) groups excluding carboxylic acids is 2. The van der Waals surface area contributed by atoms with Crippen molar-refractivity contribution >= 4 is 39.4 Å². The molecule has 1 amide bonds. The van der Waals surface area contributed by atoms with Gasteiger partial charge >= 0.3 is 12.1 Å². The highest BCUT2D eigenvalue weighted by atomic mass is 79.9. The van der Waals surface area contributed by atoms with E-state index in [2.05, 4.69) is 21.2 Å². The van der Waals surface area contributed by atoms with Gasteiger partial charge in [0.1, 0.15) is 17.7 Å². The second-order valence-electron chi connectivity index (χ2n) is 8.46. The van der Waals surface area contributed by atoms with Gasteiger partial charge in [-0.05, 0) is 63.6 Å². The summed E-state index contributed by atoms with van der Waals surface area (Å²) in [6.45, 7) is 7.77. The zero-order valence-electron chi connectivity index (χ0n) is 17.7. The van der Waals surface area contributed by atoms with E-state index in [9.17, 15) is 9.59 Å². The number of esters is 1. The number of nitrogens with zero attached hydrogens (tertiary/aromatic N) is 1. The maximum atomic E-state index is 13.1. The number of hydrogen-bond donors (Lipinski definition) is 1. The summed E-state index contributed by atoms with van der Waals surface area (Å²) in [5.41, 5.74) is 0.691. The molecule has 2 aromatic rings. The van der Waals surface area contributed by atoms with E-state index in [0.29, 0.717) is 18.7 Å². The van der Waals surface area contributed by atoms with Crippen molar-refractivity contribution in [3.8, 4) is 0 Å². The predicted octanol–water partition coefficient (Wildman–Crippen LogP) is 5.16. The lowest BCUT2D eigenvalue weighted by Crippen LogP contribution is -2.55. The topological polar surface area (TPSA) is 67.9 Å². The highest BCUT2D eigenvalue weighted by Gasteiger charge is 2.51. The van der Waals surface area contributed by atoms with Crippen LogP contribution >= 0.6 is 15.9 Å². The first-order valence-electron chi connectivity index (χ1n) is 9.88. The van der Waals surface area contributed by atoms with Gasteiger partial charge in [0.05, 0.1) is 5.69 Å². The van der Waals surface area contributed by atoms with Crippen LogP contribution in [0.3, 0.4) is 0 Å². The number of fused-ring (bicyclic) bond motifs is 1. The van der Waals surface area contributed by atoms with Gasteiger partial charge in [0, 0.05) is 23.1 Å². The molecule has 0 aromatic heterocycles. The zero-order valence-corrected chi connectivity index (χ0v) is 19.3. The molecule has 3 rings (SSSR count). The van der Waals surface area contributed by atoms with Crippen LogP contribution in [0, 0.1) is 0 Å². The minimum absolute atomic E-state index is 0.184. The summed E-state index contributed by atoms with van der Waals surface area (Å²) in [5.74, 6) is -0.456.